The molecule has 3 nitrogen and oxygen atoms in total. The number of rotatable bonds is 4. The molecule has 0 fully saturated rings. The van der Waals surface area contributed by atoms with E-state index < -0.39 is 0 Å². The van der Waals surface area contributed by atoms with Gasteiger partial charge in [0.15, 0.2) is 0 Å². The Labute approximate surface area is 113 Å². The molecule has 96 valence electrons. The summed E-state index contributed by atoms with van der Waals surface area (Å²) in [7, 11) is 0. The molecule has 0 aliphatic rings. The molecule has 1 aromatic carbocycles. The van der Waals surface area contributed by atoms with Crippen LogP contribution in [-0.4, -0.2) is 9.13 Å². The van der Waals surface area contributed by atoms with Crippen LogP contribution in [0.25, 0.3) is 0 Å². The van der Waals surface area contributed by atoms with Crippen LogP contribution in [-0.2, 0) is 13.1 Å². The maximum atomic E-state index is 13.7. The first kappa shape index (κ1) is 13.1. The minimum absolute atomic E-state index is 0.0980. The molecule has 5 heteroatoms. The highest BCUT2D eigenvalue weighted by Gasteiger charge is 2.07. The van der Waals surface area contributed by atoms with E-state index in [2.05, 4.69) is 15.9 Å². The SMILES string of the molecule is CCCn1ccn(Cc2ccc(Br)cc2F)c1=O. The zero-order valence-corrected chi connectivity index (χ0v) is 11.7. The van der Waals surface area contributed by atoms with E-state index >= 15 is 0 Å². The Hall–Kier alpha value is -1.36. The molecule has 1 heterocycles. The lowest BCUT2D eigenvalue weighted by molar-refractivity contribution is 0.584. The van der Waals surface area contributed by atoms with Gasteiger partial charge in [-0.3, -0.25) is 9.13 Å². The van der Waals surface area contributed by atoms with Crippen molar-refractivity contribution < 1.29 is 4.39 Å². The Morgan fingerprint density at radius 2 is 2.00 bits per heavy atom. The van der Waals surface area contributed by atoms with E-state index in [9.17, 15) is 9.18 Å². The van der Waals surface area contributed by atoms with Crippen LogP contribution in [0.2, 0.25) is 0 Å². The van der Waals surface area contributed by atoms with Crippen LogP contribution in [0.4, 0.5) is 4.39 Å². The summed E-state index contributed by atoms with van der Waals surface area (Å²) in [5.41, 5.74) is 0.411. The zero-order chi connectivity index (χ0) is 13.1. The molecule has 0 saturated carbocycles. The molecular formula is C13H14BrFN2O. The van der Waals surface area contributed by atoms with Crippen molar-refractivity contribution in [2.75, 3.05) is 0 Å². The van der Waals surface area contributed by atoms with E-state index in [1.807, 2.05) is 6.92 Å². The van der Waals surface area contributed by atoms with Gasteiger partial charge in [0.25, 0.3) is 0 Å². The van der Waals surface area contributed by atoms with Crippen LogP contribution in [0.3, 0.4) is 0 Å². The highest BCUT2D eigenvalue weighted by molar-refractivity contribution is 9.10. The van der Waals surface area contributed by atoms with Crippen LogP contribution in [0, 0.1) is 5.82 Å². The van der Waals surface area contributed by atoms with Gasteiger partial charge in [-0.25, -0.2) is 9.18 Å². The number of halogens is 2. The van der Waals surface area contributed by atoms with Gasteiger partial charge in [0, 0.05) is 29.0 Å². The van der Waals surface area contributed by atoms with Gasteiger partial charge < -0.3 is 0 Å². The topological polar surface area (TPSA) is 26.9 Å². The van der Waals surface area contributed by atoms with E-state index in [0.717, 1.165) is 6.42 Å². The molecule has 2 rings (SSSR count). The molecule has 0 amide bonds. The summed E-state index contributed by atoms with van der Waals surface area (Å²) in [6.45, 7) is 2.96. The van der Waals surface area contributed by atoms with Crippen molar-refractivity contribution in [3.8, 4) is 0 Å². The Morgan fingerprint density at radius 1 is 1.28 bits per heavy atom. The largest absolute Gasteiger partial charge is 0.328 e. The molecule has 0 unspecified atom stereocenters. The third-order valence-corrected chi connectivity index (χ3v) is 3.23. The van der Waals surface area contributed by atoms with Crippen LogP contribution in [0.1, 0.15) is 18.9 Å². The minimum Gasteiger partial charge on any atom is -0.299 e. The fourth-order valence-corrected chi connectivity index (χ4v) is 2.15. The van der Waals surface area contributed by atoms with Gasteiger partial charge in [-0.2, -0.15) is 0 Å². The molecule has 0 radical (unpaired) electrons. The first-order valence-corrected chi connectivity index (χ1v) is 6.60. The molecule has 0 atom stereocenters. The number of hydrogen-bond acceptors (Lipinski definition) is 1. The Balaban J connectivity index is 2.26. The summed E-state index contributed by atoms with van der Waals surface area (Å²) in [5.74, 6) is -0.306. The van der Waals surface area contributed by atoms with E-state index in [0.29, 0.717) is 16.6 Å². The third-order valence-electron chi connectivity index (χ3n) is 2.74. The van der Waals surface area contributed by atoms with Crippen LogP contribution < -0.4 is 5.69 Å². The second-order valence-corrected chi connectivity index (χ2v) is 5.05. The predicted octanol–water partition coefficient (Wildman–Crippen LogP) is 3.01. The molecule has 0 spiro atoms. The van der Waals surface area contributed by atoms with Crippen molar-refractivity contribution in [3.63, 3.8) is 0 Å². The maximum Gasteiger partial charge on any atom is 0.328 e. The molecule has 0 aliphatic carbocycles. The van der Waals surface area contributed by atoms with Gasteiger partial charge in [-0.15, -0.1) is 0 Å². The summed E-state index contributed by atoms with van der Waals surface area (Å²) in [5, 5.41) is 0. The molecular weight excluding hydrogens is 299 g/mol. The van der Waals surface area contributed by atoms with E-state index in [-0.39, 0.29) is 18.1 Å². The first-order chi connectivity index (χ1) is 8.61. The van der Waals surface area contributed by atoms with Crippen molar-refractivity contribution in [1.82, 2.24) is 9.13 Å². The lowest BCUT2D eigenvalue weighted by atomic mass is 10.2. The summed E-state index contributed by atoms with van der Waals surface area (Å²) < 4.78 is 17.5. The van der Waals surface area contributed by atoms with Crippen LogP contribution in [0.15, 0.2) is 39.9 Å². The average Bonchev–Trinajstić information content (AvgIpc) is 2.66. The molecule has 2 aromatic rings. The van der Waals surface area contributed by atoms with Gasteiger partial charge in [0.2, 0.25) is 0 Å². The predicted molar refractivity (Wildman–Crippen MR) is 72.2 cm³/mol. The summed E-state index contributed by atoms with van der Waals surface area (Å²) in [4.78, 5) is 11.9. The van der Waals surface area contributed by atoms with Gasteiger partial charge in [0.05, 0.1) is 6.54 Å². The monoisotopic (exact) mass is 312 g/mol. The zero-order valence-electron chi connectivity index (χ0n) is 10.1. The van der Waals surface area contributed by atoms with E-state index in [1.54, 1.807) is 29.1 Å². The Morgan fingerprint density at radius 3 is 2.67 bits per heavy atom. The third kappa shape index (κ3) is 2.72. The molecule has 0 bridgehead atoms. The maximum absolute atomic E-state index is 13.7. The van der Waals surface area contributed by atoms with Gasteiger partial charge in [-0.05, 0) is 18.6 Å². The molecule has 0 N–H and O–H groups in total. The second-order valence-electron chi connectivity index (χ2n) is 4.14. The highest BCUT2D eigenvalue weighted by Crippen LogP contribution is 2.15. The van der Waals surface area contributed by atoms with Crippen molar-refractivity contribution in [3.05, 3.63) is 56.9 Å². The molecule has 1 aromatic heterocycles. The van der Waals surface area contributed by atoms with Crippen LogP contribution in [0.5, 0.6) is 0 Å². The first-order valence-electron chi connectivity index (χ1n) is 5.81. The summed E-state index contributed by atoms with van der Waals surface area (Å²) in [6.07, 6.45) is 4.33. The standard InChI is InChI=1S/C13H14BrFN2O/c1-2-5-16-6-7-17(13(16)18)9-10-3-4-11(14)8-12(10)15/h3-4,6-8H,2,5,9H2,1H3. The number of aromatic nitrogens is 2. The quantitative estimate of drug-likeness (QED) is 0.852. The second kappa shape index (κ2) is 5.52. The lowest BCUT2D eigenvalue weighted by Crippen LogP contribution is -2.24. The van der Waals surface area contributed by atoms with Crippen molar-refractivity contribution in [1.29, 1.82) is 0 Å². The summed E-state index contributed by atoms with van der Waals surface area (Å²) >= 11 is 3.21. The summed E-state index contributed by atoms with van der Waals surface area (Å²) in [6, 6.07) is 4.86. The number of benzene rings is 1. The van der Waals surface area contributed by atoms with Crippen molar-refractivity contribution in [2.24, 2.45) is 0 Å². The average molecular weight is 313 g/mol. The van der Waals surface area contributed by atoms with Gasteiger partial charge in [-0.1, -0.05) is 28.9 Å². The van der Waals surface area contributed by atoms with Gasteiger partial charge in [0.1, 0.15) is 5.82 Å². The number of nitrogens with zero attached hydrogens (tertiary/aromatic N) is 2. The van der Waals surface area contributed by atoms with Crippen LogP contribution >= 0.6 is 15.9 Å². The molecule has 18 heavy (non-hydrogen) atoms. The lowest BCUT2D eigenvalue weighted by Gasteiger charge is -2.04. The van der Waals surface area contributed by atoms with Crippen molar-refractivity contribution in [2.45, 2.75) is 26.4 Å². The number of hydrogen-bond donors (Lipinski definition) is 0. The van der Waals surface area contributed by atoms with E-state index in [1.165, 1.54) is 10.6 Å². The van der Waals surface area contributed by atoms with Crippen molar-refractivity contribution >= 4 is 15.9 Å². The smallest absolute Gasteiger partial charge is 0.299 e. The number of aryl methyl sites for hydroxylation is 1. The minimum atomic E-state index is -0.306. The highest BCUT2D eigenvalue weighted by atomic mass is 79.9. The fourth-order valence-electron chi connectivity index (χ4n) is 1.82. The fraction of sp³-hybridized carbons (Fsp3) is 0.308. The van der Waals surface area contributed by atoms with E-state index in [4.69, 9.17) is 0 Å². The Kier molecular flexibility index (Phi) is 4.01. The Bertz CT molecular complexity index is 603. The molecule has 0 aliphatic heterocycles. The number of imidazole rings is 1. The van der Waals surface area contributed by atoms with Gasteiger partial charge >= 0.3 is 5.69 Å². The molecule has 0 saturated heterocycles. The normalized spacial score (nSPS) is 10.8.